The molecule has 0 saturated carbocycles. The first-order valence-electron chi connectivity index (χ1n) is 18.4. The molecule has 0 rings (SSSR count). The molecule has 0 bridgehead atoms. The van der Waals surface area contributed by atoms with Crippen LogP contribution in [-0.2, 0) is 0 Å². The zero-order valence-corrected chi connectivity index (χ0v) is 29.2. The van der Waals surface area contributed by atoms with Crippen molar-refractivity contribution in [1.82, 2.24) is 0 Å². The van der Waals surface area contributed by atoms with E-state index in [2.05, 4.69) is 28.1 Å². The average Bonchev–Trinajstić information content (AvgIpc) is 2.90. The maximum absolute atomic E-state index is 8.83. The number of quaternary nitrogens is 1. The van der Waals surface area contributed by atoms with Gasteiger partial charge in [0.15, 0.2) is 0 Å². The van der Waals surface area contributed by atoms with E-state index in [1.807, 2.05) is 0 Å². The van der Waals surface area contributed by atoms with E-state index >= 15 is 0 Å². The molecule has 1 unspecified atom stereocenters. The minimum absolute atomic E-state index is 0. The molecule has 0 spiro atoms. The summed E-state index contributed by atoms with van der Waals surface area (Å²) in [5.41, 5.74) is 0. The molecule has 0 heterocycles. The Kier molecular flexibility index (Phi) is 35.7. The van der Waals surface area contributed by atoms with Gasteiger partial charge in [-0.1, -0.05) is 180 Å². The summed E-state index contributed by atoms with van der Waals surface area (Å²) in [4.78, 5) is 0. The minimum Gasteiger partial charge on any atom is -1.00 e. The van der Waals surface area contributed by atoms with Crippen LogP contribution in [0.2, 0.25) is 0 Å². The second-order valence-corrected chi connectivity index (χ2v) is 14.2. The van der Waals surface area contributed by atoms with Crippen LogP contribution in [0.1, 0.15) is 200 Å². The van der Waals surface area contributed by atoms with E-state index in [0.29, 0.717) is 6.61 Å². The van der Waals surface area contributed by atoms with Crippen LogP contribution in [0.15, 0.2) is 0 Å². The molecule has 0 saturated heterocycles. The zero-order chi connectivity index (χ0) is 28.7. The second-order valence-electron chi connectivity index (χ2n) is 14.2. The first-order valence-corrected chi connectivity index (χ1v) is 18.4. The van der Waals surface area contributed by atoms with Crippen molar-refractivity contribution in [3.8, 4) is 0 Å². The summed E-state index contributed by atoms with van der Waals surface area (Å²) >= 11 is 0. The first-order chi connectivity index (χ1) is 19.0. The van der Waals surface area contributed by atoms with E-state index in [1.165, 1.54) is 193 Å². The Labute approximate surface area is 261 Å². The van der Waals surface area contributed by atoms with E-state index in [9.17, 15) is 0 Å². The Morgan fingerprint density at radius 2 is 0.675 bits per heavy atom. The quantitative estimate of drug-likeness (QED) is 0.0599. The number of hydrogen-bond donors (Lipinski definition) is 1. The van der Waals surface area contributed by atoms with Gasteiger partial charge in [-0.2, -0.15) is 0 Å². The lowest BCUT2D eigenvalue weighted by Gasteiger charge is -2.24. The maximum atomic E-state index is 8.83. The molecule has 0 aliphatic rings. The molecule has 1 atom stereocenters. The van der Waals surface area contributed by atoms with Crippen molar-refractivity contribution in [2.75, 3.05) is 34.3 Å². The first kappa shape index (κ1) is 42.3. The van der Waals surface area contributed by atoms with Crippen LogP contribution in [-0.4, -0.2) is 43.9 Å². The standard InChI is InChI=1S/C37H78NO.ClH/c1-5-6-7-8-9-10-15-18-21-24-27-32-37(34-29-30-35-38(2,3)4)33-28-25-22-19-16-13-11-12-14-17-20-23-26-31-36-39;/h37,39H,5-36H2,1-4H3;1H/q+1;/p-1. The molecule has 3 heteroatoms. The van der Waals surface area contributed by atoms with Crippen LogP contribution in [0.25, 0.3) is 0 Å². The number of aliphatic hydroxyl groups excluding tert-OH is 1. The lowest BCUT2D eigenvalue weighted by molar-refractivity contribution is -0.870. The third-order valence-corrected chi connectivity index (χ3v) is 8.93. The molecule has 40 heavy (non-hydrogen) atoms. The Morgan fingerprint density at radius 1 is 0.400 bits per heavy atom. The highest BCUT2D eigenvalue weighted by Gasteiger charge is 2.11. The summed E-state index contributed by atoms with van der Waals surface area (Å²) in [7, 11) is 7.02. The zero-order valence-electron chi connectivity index (χ0n) is 28.5. The van der Waals surface area contributed by atoms with E-state index < -0.39 is 0 Å². The summed E-state index contributed by atoms with van der Waals surface area (Å²) in [6.45, 7) is 4.01. The minimum atomic E-state index is 0. The van der Waals surface area contributed by atoms with Gasteiger partial charge in [0.2, 0.25) is 0 Å². The Hall–Kier alpha value is 0.210. The van der Waals surface area contributed by atoms with E-state index in [1.54, 1.807) is 0 Å². The highest BCUT2D eigenvalue weighted by molar-refractivity contribution is 4.62. The SMILES string of the molecule is CCCCCCCCCCCCCC(CCCCCCCCCCCCCCCCO)CCCC[N+](C)(C)C.[Cl-]. The number of unbranched alkanes of at least 4 members (excludes halogenated alkanes) is 24. The molecule has 0 aromatic heterocycles. The average molecular weight is 588 g/mol. The van der Waals surface area contributed by atoms with Gasteiger partial charge >= 0.3 is 0 Å². The summed E-state index contributed by atoms with van der Waals surface area (Å²) < 4.78 is 1.12. The van der Waals surface area contributed by atoms with Crippen molar-refractivity contribution in [3.63, 3.8) is 0 Å². The van der Waals surface area contributed by atoms with Gasteiger partial charge in [0, 0.05) is 6.61 Å². The fraction of sp³-hybridized carbons (Fsp3) is 1.00. The van der Waals surface area contributed by atoms with Crippen LogP contribution in [0.3, 0.4) is 0 Å². The molecular formula is C37H78ClNO. The number of nitrogens with zero attached hydrogens (tertiary/aromatic N) is 1. The van der Waals surface area contributed by atoms with Crippen molar-refractivity contribution in [1.29, 1.82) is 0 Å². The Balaban J connectivity index is 0. The van der Waals surface area contributed by atoms with Gasteiger partial charge in [-0.05, 0) is 25.2 Å². The van der Waals surface area contributed by atoms with Gasteiger partial charge in [0.05, 0.1) is 27.7 Å². The van der Waals surface area contributed by atoms with Gasteiger partial charge in [-0.25, -0.2) is 0 Å². The van der Waals surface area contributed by atoms with Crippen molar-refractivity contribution < 1.29 is 22.0 Å². The number of hydrogen-bond acceptors (Lipinski definition) is 1. The molecular weight excluding hydrogens is 510 g/mol. The van der Waals surface area contributed by atoms with Gasteiger partial charge in [-0.3, -0.25) is 0 Å². The topological polar surface area (TPSA) is 20.2 Å². The predicted octanol–water partition coefficient (Wildman–Crippen LogP) is 9.03. The number of aliphatic hydroxyl groups is 1. The fourth-order valence-electron chi connectivity index (χ4n) is 6.22. The second kappa shape index (κ2) is 33.7. The number of rotatable bonds is 33. The Bertz CT molecular complexity index is 450. The van der Waals surface area contributed by atoms with Gasteiger partial charge < -0.3 is 22.0 Å². The van der Waals surface area contributed by atoms with Crippen molar-refractivity contribution >= 4 is 0 Å². The molecule has 0 aromatic rings. The van der Waals surface area contributed by atoms with Crippen molar-refractivity contribution in [3.05, 3.63) is 0 Å². The van der Waals surface area contributed by atoms with Crippen molar-refractivity contribution in [2.24, 2.45) is 5.92 Å². The molecule has 0 radical (unpaired) electrons. The van der Waals surface area contributed by atoms with E-state index in [4.69, 9.17) is 5.11 Å². The molecule has 244 valence electrons. The van der Waals surface area contributed by atoms with Crippen molar-refractivity contribution in [2.45, 2.75) is 200 Å². The van der Waals surface area contributed by atoms with Crippen LogP contribution in [0, 0.1) is 5.92 Å². The monoisotopic (exact) mass is 588 g/mol. The fourth-order valence-corrected chi connectivity index (χ4v) is 6.22. The lowest BCUT2D eigenvalue weighted by atomic mass is 9.89. The lowest BCUT2D eigenvalue weighted by Crippen LogP contribution is -3.00. The smallest absolute Gasteiger partial charge is 0.0780 e. The van der Waals surface area contributed by atoms with Crippen LogP contribution < -0.4 is 12.4 Å². The summed E-state index contributed by atoms with van der Waals surface area (Å²) in [5.74, 6) is 1.000. The third kappa shape index (κ3) is 36.2. The molecule has 0 aliphatic carbocycles. The Morgan fingerprint density at radius 3 is 0.975 bits per heavy atom. The van der Waals surface area contributed by atoms with Crippen LogP contribution in [0.4, 0.5) is 0 Å². The maximum Gasteiger partial charge on any atom is 0.0780 e. The van der Waals surface area contributed by atoms with E-state index in [0.717, 1.165) is 16.8 Å². The molecule has 2 nitrogen and oxygen atoms in total. The predicted molar refractivity (Wildman–Crippen MR) is 178 cm³/mol. The molecule has 0 fully saturated rings. The van der Waals surface area contributed by atoms with Gasteiger partial charge in [0.1, 0.15) is 0 Å². The summed E-state index contributed by atoms with van der Waals surface area (Å²) in [6.07, 6.45) is 42.9. The highest BCUT2D eigenvalue weighted by Crippen LogP contribution is 2.24. The van der Waals surface area contributed by atoms with Crippen LogP contribution >= 0.6 is 0 Å². The summed E-state index contributed by atoms with van der Waals surface area (Å²) in [5, 5.41) is 8.83. The number of halogens is 1. The van der Waals surface area contributed by atoms with Gasteiger partial charge in [-0.15, -0.1) is 0 Å². The third-order valence-electron chi connectivity index (χ3n) is 8.93. The highest BCUT2D eigenvalue weighted by atomic mass is 35.5. The molecule has 0 aliphatic heterocycles. The molecule has 0 aromatic carbocycles. The molecule has 1 N–H and O–H groups in total. The van der Waals surface area contributed by atoms with Crippen LogP contribution in [0.5, 0.6) is 0 Å². The van der Waals surface area contributed by atoms with E-state index in [-0.39, 0.29) is 12.4 Å². The molecule has 0 amide bonds. The normalized spacial score (nSPS) is 12.5. The van der Waals surface area contributed by atoms with Gasteiger partial charge in [0.25, 0.3) is 0 Å². The largest absolute Gasteiger partial charge is 1.00 e. The summed E-state index contributed by atoms with van der Waals surface area (Å²) in [6, 6.07) is 0.